The van der Waals surface area contributed by atoms with Crippen molar-refractivity contribution in [3.05, 3.63) is 46.7 Å². The minimum absolute atomic E-state index is 0.0920. The van der Waals surface area contributed by atoms with Crippen molar-refractivity contribution in [3.63, 3.8) is 0 Å². The molecule has 5 nitrogen and oxygen atoms in total. The Balaban J connectivity index is 1.69. The van der Waals surface area contributed by atoms with Gasteiger partial charge >= 0.3 is 0 Å². The number of amides is 1. The normalized spacial score (nSPS) is 15.2. The molecule has 1 aliphatic heterocycles. The first-order chi connectivity index (χ1) is 12.5. The molecule has 138 valence electrons. The molecule has 3 rings (SSSR count). The van der Waals surface area contributed by atoms with Crippen LogP contribution in [0.5, 0.6) is 17.2 Å². The molecule has 2 aromatic rings. The number of hydrogen-bond acceptors (Lipinski definition) is 4. The summed E-state index contributed by atoms with van der Waals surface area (Å²) in [5.41, 5.74) is 1.56. The summed E-state index contributed by atoms with van der Waals surface area (Å²) in [6.07, 6.45) is 0.893. The van der Waals surface area contributed by atoms with Crippen molar-refractivity contribution < 1.29 is 23.4 Å². The summed E-state index contributed by atoms with van der Waals surface area (Å²) in [7, 11) is 0. The summed E-state index contributed by atoms with van der Waals surface area (Å²) in [6, 6.07) is 7.36. The van der Waals surface area contributed by atoms with Crippen molar-refractivity contribution in [2.45, 2.75) is 26.4 Å². The summed E-state index contributed by atoms with van der Waals surface area (Å²) in [4.78, 5) is 12.2. The zero-order valence-corrected chi connectivity index (χ0v) is 15.2. The Kier molecular flexibility index (Phi) is 5.52. The van der Waals surface area contributed by atoms with E-state index in [2.05, 4.69) is 5.32 Å². The van der Waals surface area contributed by atoms with Crippen LogP contribution in [-0.4, -0.2) is 25.2 Å². The third-order valence-electron chi connectivity index (χ3n) is 3.82. The van der Waals surface area contributed by atoms with Gasteiger partial charge in [0.15, 0.2) is 6.61 Å². The van der Waals surface area contributed by atoms with Crippen LogP contribution in [0.1, 0.15) is 19.4 Å². The van der Waals surface area contributed by atoms with E-state index in [1.165, 1.54) is 12.1 Å². The first-order valence-electron chi connectivity index (χ1n) is 8.30. The van der Waals surface area contributed by atoms with E-state index in [-0.39, 0.29) is 23.5 Å². The highest BCUT2D eigenvalue weighted by atomic mass is 35.5. The zero-order valence-electron chi connectivity index (χ0n) is 14.5. The Labute approximate surface area is 156 Å². The third-order valence-corrected chi connectivity index (χ3v) is 4.12. The number of rotatable bonds is 6. The van der Waals surface area contributed by atoms with Crippen LogP contribution in [-0.2, 0) is 11.2 Å². The molecule has 0 saturated carbocycles. The van der Waals surface area contributed by atoms with E-state index in [9.17, 15) is 9.18 Å². The molecule has 1 atom stereocenters. The molecule has 1 heterocycles. The number of hydrogen-bond donors (Lipinski definition) is 1. The van der Waals surface area contributed by atoms with E-state index in [0.717, 1.165) is 23.8 Å². The van der Waals surface area contributed by atoms with Gasteiger partial charge in [-0.3, -0.25) is 4.79 Å². The number of ether oxygens (including phenoxy) is 3. The minimum atomic E-state index is -0.472. The Hall–Kier alpha value is -2.47. The molecule has 1 amide bonds. The zero-order chi connectivity index (χ0) is 18.7. The van der Waals surface area contributed by atoms with Crippen LogP contribution in [0.4, 0.5) is 10.1 Å². The molecule has 2 aromatic carbocycles. The number of benzene rings is 2. The van der Waals surface area contributed by atoms with E-state index in [1.54, 1.807) is 6.07 Å². The number of nitrogens with one attached hydrogen (secondary N) is 1. The number of fused-ring (bicyclic) bond motifs is 1. The van der Waals surface area contributed by atoms with Gasteiger partial charge in [-0.1, -0.05) is 11.6 Å². The summed E-state index contributed by atoms with van der Waals surface area (Å²) in [5.74, 6) is 0.688. The Morgan fingerprint density at radius 1 is 1.31 bits per heavy atom. The first kappa shape index (κ1) is 18.3. The van der Waals surface area contributed by atoms with Crippen molar-refractivity contribution in [2.75, 3.05) is 18.5 Å². The molecule has 0 aliphatic carbocycles. The van der Waals surface area contributed by atoms with E-state index >= 15 is 0 Å². The van der Waals surface area contributed by atoms with Crippen molar-refractivity contribution in [2.24, 2.45) is 0 Å². The smallest absolute Gasteiger partial charge is 0.262 e. The van der Waals surface area contributed by atoms with Crippen LogP contribution in [0, 0.1) is 5.82 Å². The van der Waals surface area contributed by atoms with Crippen molar-refractivity contribution in [1.82, 2.24) is 0 Å². The second-order valence-electron chi connectivity index (χ2n) is 5.93. The average molecular weight is 380 g/mol. The predicted octanol–water partition coefficient (Wildman–Crippen LogP) is 4.22. The van der Waals surface area contributed by atoms with Crippen molar-refractivity contribution in [3.8, 4) is 17.2 Å². The molecule has 7 heteroatoms. The van der Waals surface area contributed by atoms with Gasteiger partial charge in [-0.2, -0.15) is 0 Å². The lowest BCUT2D eigenvalue weighted by Gasteiger charge is -2.14. The number of carbonyl (C=O) groups excluding carboxylic acids is 1. The Morgan fingerprint density at radius 2 is 2.12 bits per heavy atom. The molecule has 1 N–H and O–H groups in total. The number of anilines is 1. The quantitative estimate of drug-likeness (QED) is 0.816. The lowest BCUT2D eigenvalue weighted by Crippen LogP contribution is -2.20. The monoisotopic (exact) mass is 379 g/mol. The number of halogens is 2. The number of carbonyl (C=O) groups is 1. The fourth-order valence-electron chi connectivity index (χ4n) is 2.73. The topological polar surface area (TPSA) is 56.8 Å². The maximum Gasteiger partial charge on any atom is 0.262 e. The van der Waals surface area contributed by atoms with Gasteiger partial charge in [-0.25, -0.2) is 4.39 Å². The fourth-order valence-corrected chi connectivity index (χ4v) is 2.96. The average Bonchev–Trinajstić information content (AvgIpc) is 2.93. The fraction of sp³-hybridized carbons (Fsp3) is 0.316. The van der Waals surface area contributed by atoms with Gasteiger partial charge in [-0.05, 0) is 38.1 Å². The maximum absolute atomic E-state index is 13.0. The summed E-state index contributed by atoms with van der Waals surface area (Å²) < 4.78 is 29.7. The van der Waals surface area contributed by atoms with Crippen LogP contribution < -0.4 is 19.5 Å². The lowest BCUT2D eigenvalue weighted by molar-refractivity contribution is -0.118. The van der Waals surface area contributed by atoms with Crippen LogP contribution in [0.15, 0.2) is 30.3 Å². The predicted molar refractivity (Wildman–Crippen MR) is 96.9 cm³/mol. The highest BCUT2D eigenvalue weighted by Crippen LogP contribution is 2.38. The van der Waals surface area contributed by atoms with Gasteiger partial charge in [0.05, 0.1) is 17.3 Å². The van der Waals surface area contributed by atoms with Gasteiger partial charge in [-0.15, -0.1) is 0 Å². The largest absolute Gasteiger partial charge is 0.492 e. The molecule has 0 saturated heterocycles. The van der Waals surface area contributed by atoms with Crippen LogP contribution in [0.3, 0.4) is 0 Å². The second kappa shape index (κ2) is 7.83. The van der Waals surface area contributed by atoms with Gasteiger partial charge in [0.1, 0.15) is 29.2 Å². The summed E-state index contributed by atoms with van der Waals surface area (Å²) in [5, 5.41) is 2.86. The SMILES string of the molecule is CCOc1cc2c(cc1NC(=O)COc1ccc(F)cc1Cl)O[C@H](C)C2. The van der Waals surface area contributed by atoms with Gasteiger partial charge in [0, 0.05) is 18.1 Å². The molecule has 26 heavy (non-hydrogen) atoms. The molecule has 0 aromatic heterocycles. The molecule has 0 spiro atoms. The minimum Gasteiger partial charge on any atom is -0.492 e. The second-order valence-corrected chi connectivity index (χ2v) is 6.34. The molecule has 0 unspecified atom stereocenters. The van der Waals surface area contributed by atoms with Gasteiger partial charge in [0.25, 0.3) is 5.91 Å². The Bertz CT molecular complexity index is 827. The van der Waals surface area contributed by atoms with Crippen molar-refractivity contribution >= 4 is 23.2 Å². The van der Waals surface area contributed by atoms with E-state index < -0.39 is 11.7 Å². The molecule has 1 aliphatic rings. The summed E-state index contributed by atoms with van der Waals surface area (Å²) in [6.45, 7) is 4.06. The third kappa shape index (κ3) is 4.19. The Morgan fingerprint density at radius 3 is 2.85 bits per heavy atom. The van der Waals surface area contributed by atoms with Crippen LogP contribution in [0.2, 0.25) is 5.02 Å². The molecule has 0 fully saturated rings. The van der Waals surface area contributed by atoms with E-state index in [0.29, 0.717) is 18.0 Å². The molecular weight excluding hydrogens is 361 g/mol. The van der Waals surface area contributed by atoms with E-state index in [4.69, 9.17) is 25.8 Å². The summed E-state index contributed by atoms with van der Waals surface area (Å²) >= 11 is 5.88. The maximum atomic E-state index is 13.0. The van der Waals surface area contributed by atoms with Gasteiger partial charge < -0.3 is 19.5 Å². The van der Waals surface area contributed by atoms with Crippen molar-refractivity contribution in [1.29, 1.82) is 0 Å². The van der Waals surface area contributed by atoms with Crippen LogP contribution >= 0.6 is 11.6 Å². The van der Waals surface area contributed by atoms with Crippen LogP contribution in [0.25, 0.3) is 0 Å². The molecule has 0 bridgehead atoms. The highest BCUT2D eigenvalue weighted by Gasteiger charge is 2.22. The first-order valence-corrected chi connectivity index (χ1v) is 8.68. The van der Waals surface area contributed by atoms with E-state index in [1.807, 2.05) is 19.9 Å². The standard InChI is InChI=1S/C19H19ClFNO4/c1-3-24-18-7-12-6-11(2)26-17(12)9-15(18)22-19(23)10-25-16-5-4-13(21)8-14(16)20/h4-5,7-9,11H,3,6,10H2,1-2H3,(H,22,23)/t11-/m1/s1. The van der Waals surface area contributed by atoms with Gasteiger partial charge in [0.2, 0.25) is 0 Å². The lowest BCUT2D eigenvalue weighted by atomic mass is 10.1. The molecule has 0 radical (unpaired) electrons. The molecular formula is C19H19ClFNO4. The highest BCUT2D eigenvalue weighted by molar-refractivity contribution is 6.32.